The van der Waals surface area contributed by atoms with Crippen LogP contribution in [0.1, 0.15) is 49.8 Å². The van der Waals surface area contributed by atoms with Crippen molar-refractivity contribution in [3.63, 3.8) is 0 Å². The van der Waals surface area contributed by atoms with Gasteiger partial charge in [-0.25, -0.2) is 4.99 Å². The van der Waals surface area contributed by atoms with Crippen molar-refractivity contribution in [1.29, 1.82) is 0 Å². The molecule has 2 aromatic rings. The van der Waals surface area contributed by atoms with Crippen LogP contribution in [-0.2, 0) is 11.3 Å². The number of carbonyl (C=O) groups excluding carboxylic acids is 1. The third kappa shape index (κ3) is 4.70. The Morgan fingerprint density at radius 2 is 1.94 bits per heavy atom. The number of nitrogens with two attached hydrogens (primary N) is 1. The molecule has 0 saturated carbocycles. The molecule has 4 rings (SSSR count). The Bertz CT molecular complexity index is 1130. The predicted octanol–water partition coefficient (Wildman–Crippen LogP) is 5.14. The summed E-state index contributed by atoms with van der Waals surface area (Å²) in [5, 5.41) is 4.08. The second-order valence-electron chi connectivity index (χ2n) is 8.11. The van der Waals surface area contributed by atoms with Gasteiger partial charge in [-0.2, -0.15) is 0 Å². The molecular weight excluding hydrogens is 422 g/mol. The zero-order valence-electron chi connectivity index (χ0n) is 18.5. The van der Waals surface area contributed by atoms with Gasteiger partial charge in [-0.3, -0.25) is 9.79 Å². The number of hydrogen-bond donors (Lipinski definition) is 2. The van der Waals surface area contributed by atoms with Crippen LogP contribution in [0.4, 0.5) is 11.4 Å². The Balaban J connectivity index is 1.63. The molecule has 0 unspecified atom stereocenters. The van der Waals surface area contributed by atoms with Gasteiger partial charge in [-0.1, -0.05) is 37.6 Å². The van der Waals surface area contributed by atoms with E-state index in [1.54, 1.807) is 0 Å². The summed E-state index contributed by atoms with van der Waals surface area (Å²) in [6.07, 6.45) is 4.12. The molecule has 0 fully saturated rings. The fourth-order valence-corrected chi connectivity index (χ4v) is 4.24. The number of halogens is 1. The number of hydrogen-bond acceptors (Lipinski definition) is 5. The summed E-state index contributed by atoms with van der Waals surface area (Å²) in [4.78, 5) is 24.3. The first-order valence-corrected chi connectivity index (χ1v) is 11.4. The quantitative estimate of drug-likeness (QED) is 0.640. The number of carbonyl (C=O) groups is 1. The lowest BCUT2D eigenvalue weighted by Crippen LogP contribution is -2.34. The third-order valence-corrected chi connectivity index (χ3v) is 5.78. The molecule has 32 heavy (non-hydrogen) atoms. The zero-order valence-corrected chi connectivity index (χ0v) is 19.2. The topological polar surface area (TPSA) is 83.1 Å². The number of fused-ring (bicyclic) bond motifs is 2. The van der Waals surface area contributed by atoms with Crippen LogP contribution in [0.2, 0.25) is 5.02 Å². The summed E-state index contributed by atoms with van der Waals surface area (Å²) < 4.78 is 0. The molecule has 7 heteroatoms. The van der Waals surface area contributed by atoms with Gasteiger partial charge in [0.05, 0.1) is 12.2 Å². The molecule has 0 atom stereocenters. The molecule has 6 nitrogen and oxygen atoms in total. The summed E-state index contributed by atoms with van der Waals surface area (Å²) in [5.41, 5.74) is 11.5. The van der Waals surface area contributed by atoms with E-state index in [-0.39, 0.29) is 5.91 Å². The lowest BCUT2D eigenvalue weighted by Gasteiger charge is -2.22. The number of aliphatic imine (C=N–C) groups is 2. The lowest BCUT2D eigenvalue weighted by atomic mass is 10.0. The second-order valence-corrected chi connectivity index (χ2v) is 8.54. The van der Waals surface area contributed by atoms with Gasteiger partial charge in [-0.15, -0.1) is 0 Å². The zero-order chi connectivity index (χ0) is 22.7. The summed E-state index contributed by atoms with van der Waals surface area (Å²) in [6.45, 7) is 6.21. The minimum atomic E-state index is 0.0392. The summed E-state index contributed by atoms with van der Waals surface area (Å²) >= 11 is 6.09. The van der Waals surface area contributed by atoms with Crippen LogP contribution in [0.25, 0.3) is 6.08 Å². The molecule has 0 aromatic heterocycles. The van der Waals surface area contributed by atoms with Gasteiger partial charge in [0.15, 0.2) is 0 Å². The van der Waals surface area contributed by atoms with Crippen molar-refractivity contribution in [3.05, 3.63) is 63.7 Å². The molecule has 0 bridgehead atoms. The fourth-order valence-electron chi connectivity index (χ4n) is 4.04. The van der Waals surface area contributed by atoms with Gasteiger partial charge < -0.3 is 16.0 Å². The normalized spacial score (nSPS) is 14.8. The Labute approximate surface area is 193 Å². The van der Waals surface area contributed by atoms with Crippen molar-refractivity contribution in [3.8, 4) is 0 Å². The van der Waals surface area contributed by atoms with E-state index in [0.717, 1.165) is 59.8 Å². The van der Waals surface area contributed by atoms with E-state index in [1.165, 1.54) is 0 Å². The maximum Gasteiger partial charge on any atom is 0.250 e. The molecule has 166 valence electrons. The molecule has 1 amide bonds. The summed E-state index contributed by atoms with van der Waals surface area (Å²) in [6, 6.07) is 11.7. The van der Waals surface area contributed by atoms with Gasteiger partial charge in [-0.05, 0) is 48.7 Å². The summed E-state index contributed by atoms with van der Waals surface area (Å²) in [5.74, 6) is 1.25. The van der Waals surface area contributed by atoms with Crippen LogP contribution in [0, 0.1) is 0 Å². The van der Waals surface area contributed by atoms with Crippen molar-refractivity contribution < 1.29 is 4.79 Å². The van der Waals surface area contributed by atoms with E-state index in [2.05, 4.69) is 29.1 Å². The number of rotatable bonds is 6. The smallest absolute Gasteiger partial charge is 0.250 e. The van der Waals surface area contributed by atoms with E-state index in [9.17, 15) is 4.79 Å². The highest BCUT2D eigenvalue weighted by Crippen LogP contribution is 2.30. The van der Waals surface area contributed by atoms with Crippen LogP contribution in [-0.4, -0.2) is 35.6 Å². The number of amidine groups is 2. The third-order valence-electron chi connectivity index (χ3n) is 5.55. The Morgan fingerprint density at radius 3 is 2.69 bits per heavy atom. The molecule has 2 aromatic carbocycles. The Kier molecular flexibility index (Phi) is 6.61. The first-order valence-electron chi connectivity index (χ1n) is 11.1. The summed E-state index contributed by atoms with van der Waals surface area (Å²) in [7, 11) is 0. The molecule has 0 radical (unpaired) electrons. The molecule has 0 saturated heterocycles. The minimum Gasteiger partial charge on any atom is -0.387 e. The highest BCUT2D eigenvalue weighted by molar-refractivity contribution is 6.30. The largest absolute Gasteiger partial charge is 0.387 e. The molecule has 3 N–H and O–H groups in total. The molecule has 2 aliphatic rings. The standard InChI is InChI=1S/C25H28ClN5O/c1-3-9-31(10-4-2)25(32)18-11-16-5-6-17(13-22(16)29-23(27)14-18)24-28-15-19-12-20(26)7-8-21(19)30-24/h5-8,11-13H,3-4,9-10,14-15H2,1-2H3,(H2,27,29)(H,28,30). The van der Waals surface area contributed by atoms with Gasteiger partial charge in [0.2, 0.25) is 5.91 Å². The molecule has 2 heterocycles. The van der Waals surface area contributed by atoms with Crippen LogP contribution < -0.4 is 11.1 Å². The molecular formula is C25H28ClN5O. The van der Waals surface area contributed by atoms with Crippen molar-refractivity contribution >= 4 is 46.6 Å². The Morgan fingerprint density at radius 1 is 1.16 bits per heavy atom. The van der Waals surface area contributed by atoms with Crippen LogP contribution >= 0.6 is 11.6 Å². The van der Waals surface area contributed by atoms with Crippen LogP contribution in [0.15, 0.2) is 52.0 Å². The number of anilines is 1. The van der Waals surface area contributed by atoms with Crippen molar-refractivity contribution in [2.24, 2.45) is 15.7 Å². The monoisotopic (exact) mass is 449 g/mol. The number of amides is 1. The highest BCUT2D eigenvalue weighted by atomic mass is 35.5. The maximum atomic E-state index is 13.1. The average molecular weight is 450 g/mol. The Hall–Kier alpha value is -3.12. The number of nitrogens with zero attached hydrogens (tertiary/aromatic N) is 3. The van der Waals surface area contributed by atoms with E-state index >= 15 is 0 Å². The number of benzene rings is 2. The minimum absolute atomic E-state index is 0.0392. The van der Waals surface area contributed by atoms with Crippen LogP contribution in [0.5, 0.6) is 0 Å². The molecule has 0 spiro atoms. The van der Waals surface area contributed by atoms with Gasteiger partial charge in [0.25, 0.3) is 0 Å². The average Bonchev–Trinajstić information content (AvgIpc) is 2.95. The van der Waals surface area contributed by atoms with Crippen molar-refractivity contribution in [2.45, 2.75) is 39.7 Å². The predicted molar refractivity (Wildman–Crippen MR) is 133 cm³/mol. The van der Waals surface area contributed by atoms with Crippen molar-refractivity contribution in [1.82, 2.24) is 4.90 Å². The molecule has 0 aliphatic carbocycles. The van der Waals surface area contributed by atoms with Gasteiger partial charge in [0.1, 0.15) is 11.7 Å². The fraction of sp³-hybridized carbons (Fsp3) is 0.320. The first-order chi connectivity index (χ1) is 15.5. The SMILES string of the molecule is CCCN(CCC)C(=O)C1=Cc2ccc(C3=NCc4cc(Cl)ccc4N3)cc2N=C(N)C1. The lowest BCUT2D eigenvalue weighted by molar-refractivity contribution is -0.127. The van der Waals surface area contributed by atoms with E-state index in [4.69, 9.17) is 17.3 Å². The van der Waals surface area contributed by atoms with E-state index in [1.807, 2.05) is 47.4 Å². The highest BCUT2D eigenvalue weighted by Gasteiger charge is 2.21. The van der Waals surface area contributed by atoms with Crippen LogP contribution in [0.3, 0.4) is 0 Å². The van der Waals surface area contributed by atoms with E-state index < -0.39 is 0 Å². The van der Waals surface area contributed by atoms with Gasteiger partial charge in [0, 0.05) is 46.9 Å². The first kappa shape index (κ1) is 22.1. The van der Waals surface area contributed by atoms with E-state index in [0.29, 0.717) is 29.4 Å². The number of nitrogens with one attached hydrogen (secondary N) is 1. The molecule has 2 aliphatic heterocycles. The second kappa shape index (κ2) is 9.57. The maximum absolute atomic E-state index is 13.1. The van der Waals surface area contributed by atoms with Gasteiger partial charge >= 0.3 is 0 Å². The van der Waals surface area contributed by atoms with Crippen molar-refractivity contribution in [2.75, 3.05) is 18.4 Å².